The van der Waals surface area contributed by atoms with Gasteiger partial charge in [0.2, 0.25) is 0 Å². The van der Waals surface area contributed by atoms with Gasteiger partial charge in [-0.25, -0.2) is 13.2 Å². The molecule has 0 radical (unpaired) electrons. The van der Waals surface area contributed by atoms with E-state index >= 15 is 0 Å². The number of anilines is 1. The van der Waals surface area contributed by atoms with Crippen LogP contribution in [0.1, 0.15) is 11.7 Å². The molecule has 0 amide bonds. The summed E-state index contributed by atoms with van der Waals surface area (Å²) in [5.74, 6) is -1.73. The molecule has 112 valence electrons. The summed E-state index contributed by atoms with van der Waals surface area (Å²) < 4.78 is 44.4. The second kappa shape index (κ2) is 6.49. The largest absolute Gasteiger partial charge is 0.494 e. The van der Waals surface area contributed by atoms with Crippen LogP contribution in [0.25, 0.3) is 0 Å². The molecule has 2 aromatic rings. The minimum Gasteiger partial charge on any atom is -0.494 e. The summed E-state index contributed by atoms with van der Waals surface area (Å²) in [5, 5.41) is 12.8. The maximum Gasteiger partial charge on any atom is 0.144 e. The second-order valence-electron chi connectivity index (χ2n) is 4.41. The summed E-state index contributed by atoms with van der Waals surface area (Å²) in [5.41, 5.74) is 0.436. The molecule has 1 unspecified atom stereocenters. The Morgan fingerprint density at radius 2 is 1.76 bits per heavy atom. The van der Waals surface area contributed by atoms with Crippen molar-refractivity contribution in [2.24, 2.45) is 0 Å². The topological polar surface area (TPSA) is 41.5 Å². The van der Waals surface area contributed by atoms with Crippen molar-refractivity contribution in [3.63, 3.8) is 0 Å². The van der Waals surface area contributed by atoms with Crippen LogP contribution >= 0.6 is 0 Å². The molecule has 0 aromatic heterocycles. The Bertz CT molecular complexity index is 634. The first-order chi connectivity index (χ1) is 10.0. The molecule has 0 spiro atoms. The van der Waals surface area contributed by atoms with E-state index in [1.54, 1.807) is 0 Å². The molecule has 2 N–H and O–H groups in total. The highest BCUT2D eigenvalue weighted by molar-refractivity contribution is 5.56. The summed E-state index contributed by atoms with van der Waals surface area (Å²) in [6, 6.07) is 6.82. The Morgan fingerprint density at radius 1 is 1.10 bits per heavy atom. The number of hydrogen-bond acceptors (Lipinski definition) is 3. The molecule has 0 aliphatic heterocycles. The molecule has 0 aliphatic rings. The third-order valence-corrected chi connectivity index (χ3v) is 2.97. The zero-order valence-corrected chi connectivity index (χ0v) is 11.2. The first-order valence-electron chi connectivity index (χ1n) is 6.21. The van der Waals surface area contributed by atoms with E-state index in [-0.39, 0.29) is 17.9 Å². The van der Waals surface area contributed by atoms with Gasteiger partial charge in [0.05, 0.1) is 18.9 Å². The highest BCUT2D eigenvalue weighted by atomic mass is 19.1. The SMILES string of the molecule is COc1cc(F)ccc1NCC(O)c1ccc(F)cc1F. The lowest BCUT2D eigenvalue weighted by Crippen LogP contribution is -2.14. The highest BCUT2D eigenvalue weighted by Crippen LogP contribution is 2.26. The van der Waals surface area contributed by atoms with Gasteiger partial charge in [-0.3, -0.25) is 0 Å². The quantitative estimate of drug-likeness (QED) is 0.890. The molecule has 3 nitrogen and oxygen atoms in total. The standard InChI is InChI=1S/C15H14F3NO2/c1-21-15-7-10(17)3-5-13(15)19-8-14(20)11-4-2-9(16)6-12(11)18/h2-7,14,19-20H,8H2,1H3. The van der Waals surface area contributed by atoms with Crippen LogP contribution in [0.5, 0.6) is 5.75 Å². The summed E-state index contributed by atoms with van der Waals surface area (Å²) in [6.45, 7) is -0.0372. The van der Waals surface area contributed by atoms with Gasteiger partial charge in [0.25, 0.3) is 0 Å². The van der Waals surface area contributed by atoms with Gasteiger partial charge in [-0.05, 0) is 18.2 Å². The Labute approximate surface area is 120 Å². The van der Waals surface area contributed by atoms with Gasteiger partial charge in [-0.15, -0.1) is 0 Å². The summed E-state index contributed by atoms with van der Waals surface area (Å²) in [4.78, 5) is 0. The number of aliphatic hydroxyl groups is 1. The maximum atomic E-state index is 13.5. The predicted molar refractivity (Wildman–Crippen MR) is 72.8 cm³/mol. The van der Waals surface area contributed by atoms with Crippen molar-refractivity contribution < 1.29 is 23.0 Å². The van der Waals surface area contributed by atoms with Crippen LogP contribution in [0, 0.1) is 17.5 Å². The zero-order valence-electron chi connectivity index (χ0n) is 11.2. The molecule has 1 atom stereocenters. The first kappa shape index (κ1) is 15.2. The average Bonchev–Trinajstić information content (AvgIpc) is 2.45. The Kier molecular flexibility index (Phi) is 4.70. The molecule has 0 bridgehead atoms. The fourth-order valence-electron chi connectivity index (χ4n) is 1.90. The van der Waals surface area contributed by atoms with Crippen molar-refractivity contribution in [2.75, 3.05) is 19.0 Å². The molecule has 6 heteroatoms. The fourth-order valence-corrected chi connectivity index (χ4v) is 1.90. The molecule has 21 heavy (non-hydrogen) atoms. The van der Waals surface area contributed by atoms with Crippen LogP contribution in [0.3, 0.4) is 0 Å². The van der Waals surface area contributed by atoms with Crippen LogP contribution in [-0.4, -0.2) is 18.8 Å². The van der Waals surface area contributed by atoms with Crippen LogP contribution in [-0.2, 0) is 0 Å². The number of hydrogen-bond donors (Lipinski definition) is 2. The van der Waals surface area contributed by atoms with Crippen LogP contribution in [0.15, 0.2) is 36.4 Å². The zero-order chi connectivity index (χ0) is 15.4. The maximum absolute atomic E-state index is 13.5. The molecule has 2 rings (SSSR count). The van der Waals surface area contributed by atoms with E-state index < -0.39 is 23.6 Å². The van der Waals surface area contributed by atoms with Crippen LogP contribution in [0.4, 0.5) is 18.9 Å². The van der Waals surface area contributed by atoms with Gasteiger partial charge in [0.1, 0.15) is 23.2 Å². The van der Waals surface area contributed by atoms with E-state index in [1.807, 2.05) is 0 Å². The van der Waals surface area contributed by atoms with Gasteiger partial charge < -0.3 is 15.2 Å². The van der Waals surface area contributed by atoms with E-state index in [1.165, 1.54) is 31.4 Å². The van der Waals surface area contributed by atoms with Crippen molar-refractivity contribution >= 4 is 5.69 Å². The van der Waals surface area contributed by atoms with E-state index in [2.05, 4.69) is 5.32 Å². The number of benzene rings is 2. The normalized spacial score (nSPS) is 12.0. The average molecular weight is 297 g/mol. The van der Waals surface area contributed by atoms with Crippen molar-refractivity contribution in [3.8, 4) is 5.75 Å². The van der Waals surface area contributed by atoms with Gasteiger partial charge in [-0.2, -0.15) is 0 Å². The number of methoxy groups -OCH3 is 1. The highest BCUT2D eigenvalue weighted by Gasteiger charge is 2.14. The minimum absolute atomic E-state index is 0.0232. The minimum atomic E-state index is -1.18. The molecular weight excluding hydrogens is 283 g/mol. The van der Waals surface area contributed by atoms with Crippen molar-refractivity contribution in [3.05, 3.63) is 59.4 Å². The monoisotopic (exact) mass is 297 g/mol. The molecule has 0 saturated heterocycles. The fraction of sp³-hybridized carbons (Fsp3) is 0.200. The van der Waals surface area contributed by atoms with E-state index in [9.17, 15) is 18.3 Å². The van der Waals surface area contributed by atoms with Crippen LogP contribution in [0.2, 0.25) is 0 Å². The van der Waals surface area contributed by atoms with Gasteiger partial charge in [0.15, 0.2) is 0 Å². The third kappa shape index (κ3) is 3.66. The van der Waals surface area contributed by atoms with E-state index in [0.29, 0.717) is 11.8 Å². The van der Waals surface area contributed by atoms with Crippen molar-refractivity contribution in [1.82, 2.24) is 0 Å². The van der Waals surface area contributed by atoms with Crippen molar-refractivity contribution in [2.45, 2.75) is 6.10 Å². The van der Waals surface area contributed by atoms with Crippen LogP contribution < -0.4 is 10.1 Å². The van der Waals surface area contributed by atoms with E-state index in [0.717, 1.165) is 6.07 Å². The lowest BCUT2D eigenvalue weighted by molar-refractivity contribution is 0.186. The molecule has 0 heterocycles. The summed E-state index contributed by atoms with van der Waals surface area (Å²) >= 11 is 0. The van der Waals surface area contributed by atoms with Crippen molar-refractivity contribution in [1.29, 1.82) is 0 Å². The summed E-state index contributed by atoms with van der Waals surface area (Å²) in [7, 11) is 1.38. The number of halogens is 3. The Hall–Kier alpha value is -2.21. The van der Waals surface area contributed by atoms with Gasteiger partial charge >= 0.3 is 0 Å². The number of ether oxygens (including phenoxy) is 1. The number of nitrogens with one attached hydrogen (secondary N) is 1. The molecular formula is C15H14F3NO2. The predicted octanol–water partition coefficient (Wildman–Crippen LogP) is 3.26. The lowest BCUT2D eigenvalue weighted by Gasteiger charge is -2.16. The molecule has 0 fully saturated rings. The Balaban J connectivity index is 2.09. The van der Waals surface area contributed by atoms with E-state index in [4.69, 9.17) is 4.74 Å². The smallest absolute Gasteiger partial charge is 0.144 e. The molecule has 0 saturated carbocycles. The number of rotatable bonds is 5. The van der Waals surface area contributed by atoms with Gasteiger partial charge in [0, 0.05) is 24.2 Å². The summed E-state index contributed by atoms with van der Waals surface area (Å²) in [6.07, 6.45) is -1.18. The Morgan fingerprint density at radius 3 is 2.43 bits per heavy atom. The third-order valence-electron chi connectivity index (χ3n) is 2.97. The first-order valence-corrected chi connectivity index (χ1v) is 6.21. The van der Waals surface area contributed by atoms with Gasteiger partial charge in [-0.1, -0.05) is 6.07 Å². The second-order valence-corrected chi connectivity index (χ2v) is 4.41. The molecule has 0 aliphatic carbocycles. The lowest BCUT2D eigenvalue weighted by atomic mass is 10.1. The number of aliphatic hydroxyl groups excluding tert-OH is 1. The molecule has 2 aromatic carbocycles.